The highest BCUT2D eigenvalue weighted by molar-refractivity contribution is 5.75. The first-order valence-corrected chi connectivity index (χ1v) is 9.09. The number of nitrogens with one attached hydrogen (secondary N) is 1. The molecule has 0 rings (SSSR count). The molecule has 0 bridgehead atoms. The Hall–Kier alpha value is -1.02. The van der Waals surface area contributed by atoms with Crippen LogP contribution in [-0.4, -0.2) is 71.6 Å². The molecule has 0 saturated heterocycles. The van der Waals surface area contributed by atoms with Crippen LogP contribution >= 0.6 is 0 Å². The molecular weight excluding hydrogens is 326 g/mol. The van der Waals surface area contributed by atoms with Gasteiger partial charge < -0.3 is 29.1 Å². The second kappa shape index (κ2) is 17.8. The van der Waals surface area contributed by atoms with Crippen molar-refractivity contribution >= 4 is 12.2 Å². The number of hydrogen-bond donors (Lipinski definition) is 1. The van der Waals surface area contributed by atoms with E-state index in [1.807, 2.05) is 20.8 Å². The second-order valence-corrected chi connectivity index (χ2v) is 6.30. The first kappa shape index (κ1) is 24.0. The van der Waals surface area contributed by atoms with Gasteiger partial charge in [0.1, 0.15) is 6.29 Å². The molecule has 0 heterocycles. The molecule has 1 N–H and O–H groups in total. The summed E-state index contributed by atoms with van der Waals surface area (Å²) in [4.78, 5) is 21.8. The normalized spacial score (nSPS) is 12.3. The first-order chi connectivity index (χ1) is 12.1. The predicted octanol–water partition coefficient (Wildman–Crippen LogP) is 1.44. The van der Waals surface area contributed by atoms with Crippen LogP contribution in [0.3, 0.4) is 0 Å². The number of carbonyl (C=O) groups is 2. The molecule has 0 aliphatic carbocycles. The van der Waals surface area contributed by atoms with E-state index >= 15 is 0 Å². The summed E-state index contributed by atoms with van der Waals surface area (Å²) in [5.74, 6) is 0.483. The van der Waals surface area contributed by atoms with E-state index in [-0.39, 0.29) is 11.8 Å². The largest absolute Gasteiger partial charge is 0.379 e. The Bertz CT molecular complexity index is 325. The van der Waals surface area contributed by atoms with Gasteiger partial charge in [0.05, 0.1) is 46.2 Å². The van der Waals surface area contributed by atoms with E-state index < -0.39 is 0 Å². The molecule has 1 atom stereocenters. The lowest BCUT2D eigenvalue weighted by Crippen LogP contribution is -2.28. The van der Waals surface area contributed by atoms with Gasteiger partial charge in [-0.15, -0.1) is 0 Å². The van der Waals surface area contributed by atoms with Gasteiger partial charge in [-0.1, -0.05) is 20.8 Å². The van der Waals surface area contributed by atoms with Crippen LogP contribution < -0.4 is 5.32 Å². The molecule has 1 unspecified atom stereocenters. The maximum atomic E-state index is 11.4. The van der Waals surface area contributed by atoms with Crippen molar-refractivity contribution < 1.29 is 28.5 Å². The van der Waals surface area contributed by atoms with Crippen LogP contribution in [0.5, 0.6) is 0 Å². The molecule has 0 aliphatic rings. The number of aldehydes is 1. The van der Waals surface area contributed by atoms with Gasteiger partial charge in [-0.05, 0) is 12.3 Å². The Labute approximate surface area is 151 Å². The van der Waals surface area contributed by atoms with Crippen LogP contribution in [0.4, 0.5) is 0 Å². The summed E-state index contributed by atoms with van der Waals surface area (Å²) in [5.41, 5.74) is 0. The van der Waals surface area contributed by atoms with Gasteiger partial charge in [-0.2, -0.15) is 0 Å². The minimum absolute atomic E-state index is 0.0489. The van der Waals surface area contributed by atoms with Crippen LogP contribution in [0.25, 0.3) is 0 Å². The van der Waals surface area contributed by atoms with Gasteiger partial charge in [-0.3, -0.25) is 4.79 Å². The van der Waals surface area contributed by atoms with Gasteiger partial charge in [0, 0.05) is 25.5 Å². The monoisotopic (exact) mass is 361 g/mol. The van der Waals surface area contributed by atoms with E-state index in [9.17, 15) is 9.59 Å². The quantitative estimate of drug-likeness (QED) is 0.294. The second-order valence-electron chi connectivity index (χ2n) is 6.30. The zero-order chi connectivity index (χ0) is 18.8. The Morgan fingerprint density at radius 2 is 1.32 bits per heavy atom. The molecule has 0 aromatic rings. The van der Waals surface area contributed by atoms with Gasteiger partial charge >= 0.3 is 0 Å². The zero-order valence-electron chi connectivity index (χ0n) is 16.0. The number of amides is 1. The standard InChI is InChI=1S/C18H35NO6/c1-16(2)14-18(21)19-5-7-23-9-11-25-13-12-24-10-8-22-6-4-17(3)15-20/h15-17H,4-14H2,1-3H3,(H,19,21). The van der Waals surface area contributed by atoms with Crippen LogP contribution in [0.1, 0.15) is 33.6 Å². The number of rotatable bonds is 18. The third-order valence-corrected chi connectivity index (χ3v) is 3.23. The van der Waals surface area contributed by atoms with E-state index in [0.29, 0.717) is 71.7 Å². The SMILES string of the molecule is CC(C)CC(=O)NCCOCCOCCOCCOCCC(C)C=O. The fraction of sp³-hybridized carbons (Fsp3) is 0.889. The van der Waals surface area contributed by atoms with Crippen molar-refractivity contribution in [3.63, 3.8) is 0 Å². The smallest absolute Gasteiger partial charge is 0.220 e. The lowest BCUT2D eigenvalue weighted by molar-refractivity contribution is -0.122. The number of carbonyl (C=O) groups excluding carboxylic acids is 2. The Kier molecular flexibility index (Phi) is 17.1. The molecule has 148 valence electrons. The van der Waals surface area contributed by atoms with E-state index in [4.69, 9.17) is 18.9 Å². The van der Waals surface area contributed by atoms with E-state index in [1.165, 1.54) is 0 Å². The summed E-state index contributed by atoms with van der Waals surface area (Å²) < 4.78 is 21.4. The lowest BCUT2D eigenvalue weighted by Gasteiger charge is -2.09. The third kappa shape index (κ3) is 19.2. The maximum Gasteiger partial charge on any atom is 0.220 e. The van der Waals surface area contributed by atoms with Crippen LogP contribution in [-0.2, 0) is 28.5 Å². The molecule has 7 nitrogen and oxygen atoms in total. The minimum atomic E-state index is 0.0489. The Morgan fingerprint density at radius 1 is 0.840 bits per heavy atom. The Morgan fingerprint density at radius 3 is 1.80 bits per heavy atom. The molecule has 25 heavy (non-hydrogen) atoms. The minimum Gasteiger partial charge on any atom is -0.379 e. The molecule has 7 heteroatoms. The van der Waals surface area contributed by atoms with Crippen molar-refractivity contribution in [1.29, 1.82) is 0 Å². The maximum absolute atomic E-state index is 11.4. The molecule has 0 aliphatic heterocycles. The topological polar surface area (TPSA) is 83.1 Å². The summed E-state index contributed by atoms with van der Waals surface area (Å²) >= 11 is 0. The van der Waals surface area contributed by atoms with Crippen LogP contribution in [0.2, 0.25) is 0 Å². The summed E-state index contributed by atoms with van der Waals surface area (Å²) in [6.45, 7) is 10.6. The van der Waals surface area contributed by atoms with E-state index in [1.54, 1.807) is 0 Å². The average Bonchev–Trinajstić information content (AvgIpc) is 2.57. The fourth-order valence-electron chi connectivity index (χ4n) is 1.80. The average molecular weight is 361 g/mol. The predicted molar refractivity (Wildman–Crippen MR) is 95.6 cm³/mol. The zero-order valence-corrected chi connectivity index (χ0v) is 16.0. The van der Waals surface area contributed by atoms with Crippen molar-refractivity contribution in [2.24, 2.45) is 11.8 Å². The summed E-state index contributed by atoms with van der Waals surface area (Å²) in [5, 5.41) is 2.81. The van der Waals surface area contributed by atoms with Crippen molar-refractivity contribution in [2.45, 2.75) is 33.6 Å². The highest BCUT2D eigenvalue weighted by Gasteiger charge is 2.03. The Balaban J connectivity index is 3.12. The number of hydrogen-bond acceptors (Lipinski definition) is 6. The van der Waals surface area contributed by atoms with Gasteiger partial charge in [0.2, 0.25) is 5.91 Å². The molecule has 0 fully saturated rings. The summed E-state index contributed by atoms with van der Waals surface area (Å²) in [6, 6.07) is 0. The van der Waals surface area contributed by atoms with Crippen molar-refractivity contribution in [3.05, 3.63) is 0 Å². The number of ether oxygens (including phenoxy) is 4. The lowest BCUT2D eigenvalue weighted by atomic mass is 10.1. The molecule has 0 saturated carbocycles. The van der Waals surface area contributed by atoms with Crippen molar-refractivity contribution in [3.8, 4) is 0 Å². The van der Waals surface area contributed by atoms with Crippen molar-refractivity contribution in [1.82, 2.24) is 5.32 Å². The summed E-state index contributed by atoms with van der Waals surface area (Å²) in [7, 11) is 0. The molecule has 0 aromatic heterocycles. The van der Waals surface area contributed by atoms with E-state index in [0.717, 1.165) is 12.7 Å². The molecule has 0 spiro atoms. The first-order valence-electron chi connectivity index (χ1n) is 9.09. The highest BCUT2D eigenvalue weighted by atomic mass is 16.6. The highest BCUT2D eigenvalue weighted by Crippen LogP contribution is 1.98. The molecule has 0 radical (unpaired) electrons. The van der Waals surface area contributed by atoms with Gasteiger partial charge in [0.25, 0.3) is 0 Å². The molecule has 0 aromatic carbocycles. The van der Waals surface area contributed by atoms with Crippen LogP contribution in [0, 0.1) is 11.8 Å². The fourth-order valence-corrected chi connectivity index (χ4v) is 1.80. The van der Waals surface area contributed by atoms with E-state index in [2.05, 4.69) is 5.32 Å². The van der Waals surface area contributed by atoms with Gasteiger partial charge in [0.15, 0.2) is 0 Å². The summed E-state index contributed by atoms with van der Waals surface area (Å²) in [6.07, 6.45) is 2.23. The van der Waals surface area contributed by atoms with Crippen molar-refractivity contribution in [2.75, 3.05) is 59.4 Å². The van der Waals surface area contributed by atoms with Gasteiger partial charge in [-0.25, -0.2) is 0 Å². The molecule has 1 amide bonds. The molecular formula is C18H35NO6. The van der Waals surface area contributed by atoms with Crippen LogP contribution in [0.15, 0.2) is 0 Å². The third-order valence-electron chi connectivity index (χ3n) is 3.23.